The van der Waals surface area contributed by atoms with Crippen molar-refractivity contribution in [3.63, 3.8) is 0 Å². The van der Waals surface area contributed by atoms with Crippen molar-refractivity contribution in [3.05, 3.63) is 47.0 Å². The summed E-state index contributed by atoms with van der Waals surface area (Å²) in [6.07, 6.45) is 0.804. The van der Waals surface area contributed by atoms with E-state index < -0.39 is 6.09 Å². The monoisotopic (exact) mass is 267 g/mol. The molecule has 0 spiro atoms. The summed E-state index contributed by atoms with van der Waals surface area (Å²) in [5, 5.41) is 2.96. The Hall–Kier alpha value is -1.81. The molecule has 1 N–H and O–H groups in total. The van der Waals surface area contributed by atoms with Crippen LogP contribution in [0.3, 0.4) is 0 Å². The number of ketones is 1. The molecule has 0 unspecified atom stereocenters. The maximum absolute atomic E-state index is 11.8. The van der Waals surface area contributed by atoms with Crippen molar-refractivity contribution in [3.8, 4) is 0 Å². The summed E-state index contributed by atoms with van der Waals surface area (Å²) in [6, 6.07) is 4.95. The smallest absolute Gasteiger partial charge is 0.407 e. The maximum Gasteiger partial charge on any atom is 0.407 e. The van der Waals surface area contributed by atoms with Crippen molar-refractivity contribution in [1.82, 2.24) is 5.32 Å². The van der Waals surface area contributed by atoms with E-state index in [1.54, 1.807) is 18.2 Å². The van der Waals surface area contributed by atoms with Crippen LogP contribution in [-0.4, -0.2) is 25.0 Å². The van der Waals surface area contributed by atoms with E-state index in [0.717, 1.165) is 5.56 Å². The number of Topliss-reactive ketones (excluding diaryl/α,β-unsaturated/α-hetero) is 1. The number of carbonyl (C=O) groups excluding carboxylic acids is 2. The standard InChI is InChI=1S/C13H14ClNO3/c1-3-6-18-13(17)15-8-12(16)10-4-5-11(14)9(2)7-10/h3-5,7H,1,6,8H2,2H3,(H,15,17). The van der Waals surface area contributed by atoms with Crippen molar-refractivity contribution in [2.75, 3.05) is 13.2 Å². The van der Waals surface area contributed by atoms with E-state index in [9.17, 15) is 9.59 Å². The Morgan fingerprint density at radius 3 is 2.83 bits per heavy atom. The third kappa shape index (κ3) is 4.22. The fourth-order valence-electron chi connectivity index (χ4n) is 1.26. The minimum atomic E-state index is -0.645. The highest BCUT2D eigenvalue weighted by Gasteiger charge is 2.09. The van der Waals surface area contributed by atoms with E-state index >= 15 is 0 Å². The SMILES string of the molecule is C=CCOC(=O)NCC(=O)c1ccc(Cl)c(C)c1. The van der Waals surface area contributed by atoms with E-state index in [0.29, 0.717) is 10.6 Å². The number of hydrogen-bond acceptors (Lipinski definition) is 3. The van der Waals surface area contributed by atoms with E-state index in [2.05, 4.69) is 16.6 Å². The molecule has 0 saturated heterocycles. The first-order valence-electron chi connectivity index (χ1n) is 5.35. The Bertz CT molecular complexity index is 471. The molecule has 4 nitrogen and oxygen atoms in total. The molecule has 0 aliphatic heterocycles. The first-order chi connectivity index (χ1) is 8.54. The van der Waals surface area contributed by atoms with E-state index in [1.165, 1.54) is 6.08 Å². The van der Waals surface area contributed by atoms with Gasteiger partial charge in [0.15, 0.2) is 5.78 Å². The lowest BCUT2D eigenvalue weighted by molar-refractivity contribution is 0.0980. The molecule has 0 saturated carbocycles. The van der Waals surface area contributed by atoms with Crippen molar-refractivity contribution in [2.45, 2.75) is 6.92 Å². The third-order valence-corrected chi connectivity index (χ3v) is 2.63. The molecular weight excluding hydrogens is 254 g/mol. The molecule has 0 fully saturated rings. The van der Waals surface area contributed by atoms with Gasteiger partial charge in [0, 0.05) is 10.6 Å². The van der Waals surface area contributed by atoms with Gasteiger partial charge in [0.1, 0.15) is 6.61 Å². The van der Waals surface area contributed by atoms with Crippen LogP contribution in [0.15, 0.2) is 30.9 Å². The zero-order chi connectivity index (χ0) is 13.5. The molecular formula is C13H14ClNO3. The molecule has 0 radical (unpaired) electrons. The van der Waals surface area contributed by atoms with Crippen LogP contribution in [0.25, 0.3) is 0 Å². The molecule has 18 heavy (non-hydrogen) atoms. The number of amides is 1. The number of benzene rings is 1. The third-order valence-electron chi connectivity index (χ3n) is 2.21. The van der Waals surface area contributed by atoms with Gasteiger partial charge in [-0.05, 0) is 30.7 Å². The van der Waals surface area contributed by atoms with E-state index in [1.807, 2.05) is 6.92 Å². The van der Waals surface area contributed by atoms with E-state index in [-0.39, 0.29) is 18.9 Å². The van der Waals surface area contributed by atoms with Crippen LogP contribution < -0.4 is 5.32 Å². The number of rotatable bonds is 5. The maximum atomic E-state index is 11.8. The zero-order valence-corrected chi connectivity index (χ0v) is 10.8. The molecule has 0 aromatic heterocycles. The van der Waals surface area contributed by atoms with Crippen LogP contribution in [0.1, 0.15) is 15.9 Å². The number of aryl methyl sites for hydroxylation is 1. The van der Waals surface area contributed by atoms with Gasteiger partial charge < -0.3 is 10.1 Å². The summed E-state index contributed by atoms with van der Waals surface area (Å²) >= 11 is 5.86. The predicted octanol–water partition coefficient (Wildman–Crippen LogP) is 2.74. The number of halogens is 1. The molecule has 5 heteroatoms. The number of carbonyl (C=O) groups is 2. The highest BCUT2D eigenvalue weighted by Crippen LogP contribution is 2.16. The average Bonchev–Trinajstić information content (AvgIpc) is 2.36. The van der Waals surface area contributed by atoms with Gasteiger partial charge in [0.05, 0.1) is 6.54 Å². The van der Waals surface area contributed by atoms with Crippen LogP contribution in [0.4, 0.5) is 4.79 Å². The Morgan fingerprint density at radius 2 is 2.22 bits per heavy atom. The summed E-state index contributed by atoms with van der Waals surface area (Å²) < 4.78 is 4.68. The molecule has 0 aliphatic rings. The number of ether oxygens (including phenoxy) is 1. The van der Waals surface area contributed by atoms with Gasteiger partial charge in [0.2, 0.25) is 0 Å². The highest BCUT2D eigenvalue weighted by molar-refractivity contribution is 6.31. The quantitative estimate of drug-likeness (QED) is 0.659. The second-order valence-corrected chi connectivity index (χ2v) is 4.04. The van der Waals surface area contributed by atoms with Gasteiger partial charge in [0.25, 0.3) is 0 Å². The molecule has 1 aromatic carbocycles. The molecule has 1 aromatic rings. The van der Waals surface area contributed by atoms with Gasteiger partial charge >= 0.3 is 6.09 Å². The van der Waals surface area contributed by atoms with Gasteiger partial charge in [-0.25, -0.2) is 4.79 Å². The van der Waals surface area contributed by atoms with Crippen LogP contribution in [0, 0.1) is 6.92 Å². The predicted molar refractivity (Wildman–Crippen MR) is 70.1 cm³/mol. The van der Waals surface area contributed by atoms with Crippen LogP contribution in [0.2, 0.25) is 5.02 Å². The molecule has 1 amide bonds. The first kappa shape index (κ1) is 14.3. The van der Waals surface area contributed by atoms with Crippen LogP contribution in [-0.2, 0) is 4.74 Å². The Morgan fingerprint density at radius 1 is 1.50 bits per heavy atom. The molecule has 0 aliphatic carbocycles. The van der Waals surface area contributed by atoms with Gasteiger partial charge in [-0.1, -0.05) is 24.3 Å². The van der Waals surface area contributed by atoms with Crippen molar-refractivity contribution in [2.24, 2.45) is 0 Å². The second kappa shape index (κ2) is 6.81. The molecule has 0 atom stereocenters. The zero-order valence-electron chi connectivity index (χ0n) is 10.0. The van der Waals surface area contributed by atoms with Crippen LogP contribution >= 0.6 is 11.6 Å². The lowest BCUT2D eigenvalue weighted by Gasteiger charge is -2.06. The van der Waals surface area contributed by atoms with Crippen molar-refractivity contribution >= 4 is 23.5 Å². The Labute approximate surface area is 111 Å². The lowest BCUT2D eigenvalue weighted by atomic mass is 10.1. The first-order valence-corrected chi connectivity index (χ1v) is 5.73. The Kier molecular flexibility index (Phi) is 5.39. The van der Waals surface area contributed by atoms with Gasteiger partial charge in [-0.3, -0.25) is 4.79 Å². The number of alkyl carbamates (subject to hydrolysis) is 1. The average molecular weight is 268 g/mol. The van der Waals surface area contributed by atoms with Gasteiger partial charge in [-0.2, -0.15) is 0 Å². The minimum Gasteiger partial charge on any atom is -0.445 e. The summed E-state index contributed by atoms with van der Waals surface area (Å²) in [5.41, 5.74) is 1.32. The van der Waals surface area contributed by atoms with Gasteiger partial charge in [-0.15, -0.1) is 0 Å². The highest BCUT2D eigenvalue weighted by atomic mass is 35.5. The fourth-order valence-corrected chi connectivity index (χ4v) is 1.38. The summed E-state index contributed by atoms with van der Waals surface area (Å²) in [6.45, 7) is 5.22. The molecule has 96 valence electrons. The van der Waals surface area contributed by atoms with Crippen molar-refractivity contribution < 1.29 is 14.3 Å². The lowest BCUT2D eigenvalue weighted by Crippen LogP contribution is -2.30. The summed E-state index contributed by atoms with van der Waals surface area (Å²) in [4.78, 5) is 22.9. The fraction of sp³-hybridized carbons (Fsp3) is 0.231. The number of hydrogen-bond donors (Lipinski definition) is 1. The second-order valence-electron chi connectivity index (χ2n) is 3.63. The normalized spacial score (nSPS) is 9.67. The van der Waals surface area contributed by atoms with Crippen LogP contribution in [0.5, 0.6) is 0 Å². The summed E-state index contributed by atoms with van der Waals surface area (Å²) in [5.74, 6) is -0.203. The topological polar surface area (TPSA) is 55.4 Å². The molecule has 1 rings (SSSR count). The van der Waals surface area contributed by atoms with Crippen molar-refractivity contribution in [1.29, 1.82) is 0 Å². The molecule has 0 heterocycles. The molecule has 0 bridgehead atoms. The minimum absolute atomic E-state index is 0.111. The largest absolute Gasteiger partial charge is 0.445 e. The summed E-state index contributed by atoms with van der Waals surface area (Å²) in [7, 11) is 0. The van der Waals surface area contributed by atoms with E-state index in [4.69, 9.17) is 11.6 Å². The Balaban J connectivity index is 2.52. The number of nitrogens with one attached hydrogen (secondary N) is 1.